The van der Waals surface area contributed by atoms with E-state index in [4.69, 9.17) is 4.74 Å². The lowest BCUT2D eigenvalue weighted by molar-refractivity contribution is 0.0218. The first-order valence-corrected chi connectivity index (χ1v) is 7.44. The molecule has 1 aromatic rings. The Morgan fingerprint density at radius 2 is 2.29 bits per heavy atom. The van der Waals surface area contributed by atoms with E-state index in [0.717, 1.165) is 42.9 Å². The lowest BCUT2D eigenvalue weighted by Gasteiger charge is -2.27. The summed E-state index contributed by atoms with van der Waals surface area (Å²) >= 11 is 0. The second-order valence-corrected chi connectivity index (χ2v) is 6.76. The van der Waals surface area contributed by atoms with Gasteiger partial charge in [-0.3, -0.25) is 4.90 Å². The first-order chi connectivity index (χ1) is 9.76. The number of hydrogen-bond acceptors (Lipinski definition) is 3. The van der Waals surface area contributed by atoms with Gasteiger partial charge in [-0.05, 0) is 40.5 Å². The average Bonchev–Trinajstić information content (AvgIpc) is 2.92. The minimum absolute atomic E-state index is 0.0151. The maximum Gasteiger partial charge on any atom is 0.410 e. The summed E-state index contributed by atoms with van der Waals surface area (Å²) < 4.78 is 5.48. The number of carbonyl (C=O) groups excluding carboxylic acids is 1. The fraction of sp³-hybridized carbons (Fsp3) is 0.625. The van der Waals surface area contributed by atoms with Crippen molar-refractivity contribution in [1.82, 2.24) is 14.9 Å². The fourth-order valence-corrected chi connectivity index (χ4v) is 2.55. The van der Waals surface area contributed by atoms with Crippen molar-refractivity contribution in [1.29, 1.82) is 0 Å². The number of aromatic nitrogens is 2. The molecule has 116 valence electrons. The number of imidazole rings is 1. The Morgan fingerprint density at radius 3 is 2.90 bits per heavy atom. The van der Waals surface area contributed by atoms with Crippen LogP contribution in [0.1, 0.15) is 58.1 Å². The van der Waals surface area contributed by atoms with Gasteiger partial charge in [-0.1, -0.05) is 12.2 Å². The fourth-order valence-electron chi connectivity index (χ4n) is 2.55. The normalized spacial score (nSPS) is 18.9. The number of H-pyrrole nitrogens is 1. The van der Waals surface area contributed by atoms with E-state index in [2.05, 4.69) is 16.5 Å². The molecular formula is C16H25N3O2. The van der Waals surface area contributed by atoms with Gasteiger partial charge in [0.1, 0.15) is 11.4 Å². The molecule has 1 amide bonds. The second kappa shape index (κ2) is 5.92. The Bertz CT molecular complexity index is 528. The highest BCUT2D eigenvalue weighted by Crippen LogP contribution is 2.31. The van der Waals surface area contributed by atoms with E-state index in [-0.39, 0.29) is 12.1 Å². The van der Waals surface area contributed by atoms with Crippen molar-refractivity contribution in [3.05, 3.63) is 29.9 Å². The molecule has 1 fully saturated rings. The minimum Gasteiger partial charge on any atom is -0.444 e. The third-order valence-electron chi connectivity index (χ3n) is 3.34. The van der Waals surface area contributed by atoms with Crippen molar-refractivity contribution < 1.29 is 9.53 Å². The van der Waals surface area contributed by atoms with E-state index < -0.39 is 5.60 Å². The van der Waals surface area contributed by atoms with Crippen LogP contribution in [0.4, 0.5) is 4.79 Å². The monoisotopic (exact) mass is 291 g/mol. The number of rotatable bonds is 3. The van der Waals surface area contributed by atoms with E-state index in [1.54, 1.807) is 4.90 Å². The molecule has 5 heteroatoms. The third kappa shape index (κ3) is 4.09. The Labute approximate surface area is 126 Å². The zero-order chi connectivity index (χ0) is 15.6. The maximum atomic E-state index is 12.3. The van der Waals surface area contributed by atoms with Gasteiger partial charge >= 0.3 is 6.09 Å². The average molecular weight is 291 g/mol. The van der Waals surface area contributed by atoms with Crippen LogP contribution in [-0.4, -0.2) is 33.1 Å². The maximum absolute atomic E-state index is 12.3. The zero-order valence-corrected chi connectivity index (χ0v) is 13.4. The second-order valence-electron chi connectivity index (χ2n) is 6.76. The molecule has 2 heterocycles. The van der Waals surface area contributed by atoms with Crippen LogP contribution in [0.2, 0.25) is 0 Å². The molecule has 21 heavy (non-hydrogen) atoms. The highest BCUT2D eigenvalue weighted by molar-refractivity contribution is 5.69. The summed E-state index contributed by atoms with van der Waals surface area (Å²) in [4.78, 5) is 21.8. The summed E-state index contributed by atoms with van der Waals surface area (Å²) in [6, 6.07) is -0.0151. The molecule has 5 nitrogen and oxygen atoms in total. The van der Waals surface area contributed by atoms with Crippen molar-refractivity contribution in [2.75, 3.05) is 6.54 Å². The number of nitrogens with zero attached hydrogens (tertiary/aromatic N) is 2. The molecule has 0 saturated carbocycles. The topological polar surface area (TPSA) is 58.2 Å². The van der Waals surface area contributed by atoms with Gasteiger partial charge in [0.25, 0.3) is 0 Å². The number of allylic oxidation sites excluding steroid dienone is 1. The number of amides is 1. The SMILES string of the molecule is C=C(C)Cc1cnc(C2CCCN2C(=O)OC(C)(C)C)[nH]1. The van der Waals surface area contributed by atoms with Crippen LogP contribution in [-0.2, 0) is 11.2 Å². The number of nitrogens with one attached hydrogen (secondary N) is 1. The van der Waals surface area contributed by atoms with E-state index in [1.807, 2.05) is 33.9 Å². The predicted octanol–water partition coefficient (Wildman–Crippen LogP) is 3.60. The number of aromatic amines is 1. The van der Waals surface area contributed by atoms with Crippen LogP contribution in [0, 0.1) is 0 Å². The van der Waals surface area contributed by atoms with Crippen LogP contribution < -0.4 is 0 Å². The summed E-state index contributed by atoms with van der Waals surface area (Å²) in [5, 5.41) is 0. The van der Waals surface area contributed by atoms with Crippen molar-refractivity contribution >= 4 is 6.09 Å². The van der Waals surface area contributed by atoms with Gasteiger partial charge in [-0.25, -0.2) is 9.78 Å². The molecule has 1 atom stereocenters. The van der Waals surface area contributed by atoms with Crippen molar-refractivity contribution in [3.8, 4) is 0 Å². The molecule has 1 aliphatic rings. The minimum atomic E-state index is -0.474. The highest BCUT2D eigenvalue weighted by atomic mass is 16.6. The first-order valence-electron chi connectivity index (χ1n) is 7.44. The summed E-state index contributed by atoms with van der Waals surface area (Å²) in [7, 11) is 0. The van der Waals surface area contributed by atoms with Crippen molar-refractivity contribution in [2.45, 2.75) is 58.6 Å². The standard InChI is InChI=1S/C16H25N3O2/c1-11(2)9-12-10-17-14(18-12)13-7-6-8-19(13)15(20)21-16(3,4)5/h10,13H,1,6-9H2,2-5H3,(H,17,18). The van der Waals surface area contributed by atoms with E-state index >= 15 is 0 Å². The molecular weight excluding hydrogens is 266 g/mol. The van der Waals surface area contributed by atoms with E-state index in [0.29, 0.717) is 0 Å². The van der Waals surface area contributed by atoms with Crippen molar-refractivity contribution in [2.24, 2.45) is 0 Å². The first kappa shape index (κ1) is 15.6. The largest absolute Gasteiger partial charge is 0.444 e. The summed E-state index contributed by atoms with van der Waals surface area (Å²) in [5.41, 5.74) is 1.65. The quantitative estimate of drug-likeness (QED) is 0.866. The summed E-state index contributed by atoms with van der Waals surface area (Å²) in [6.45, 7) is 12.3. The van der Waals surface area contributed by atoms with Gasteiger partial charge in [0.05, 0.1) is 6.04 Å². The molecule has 0 bridgehead atoms. The van der Waals surface area contributed by atoms with Crippen LogP contribution >= 0.6 is 0 Å². The van der Waals surface area contributed by atoms with Gasteiger partial charge in [-0.15, -0.1) is 0 Å². The third-order valence-corrected chi connectivity index (χ3v) is 3.34. The number of hydrogen-bond donors (Lipinski definition) is 1. The lowest BCUT2D eigenvalue weighted by Crippen LogP contribution is -2.36. The molecule has 2 rings (SSSR count). The van der Waals surface area contributed by atoms with Gasteiger partial charge < -0.3 is 9.72 Å². The molecule has 1 N–H and O–H groups in total. The molecule has 0 aromatic carbocycles. The van der Waals surface area contributed by atoms with Gasteiger partial charge in [0.2, 0.25) is 0 Å². The van der Waals surface area contributed by atoms with Gasteiger partial charge in [0.15, 0.2) is 0 Å². The molecule has 1 saturated heterocycles. The molecule has 1 aliphatic heterocycles. The van der Waals surface area contributed by atoms with Crippen LogP contribution in [0.5, 0.6) is 0 Å². The summed E-state index contributed by atoms with van der Waals surface area (Å²) in [6.07, 6.45) is 4.24. The van der Waals surface area contributed by atoms with Crippen molar-refractivity contribution in [3.63, 3.8) is 0 Å². The number of carbonyl (C=O) groups is 1. The highest BCUT2D eigenvalue weighted by Gasteiger charge is 2.34. The molecule has 0 aliphatic carbocycles. The van der Waals surface area contributed by atoms with Crippen LogP contribution in [0.15, 0.2) is 18.3 Å². The van der Waals surface area contributed by atoms with E-state index in [9.17, 15) is 4.79 Å². The van der Waals surface area contributed by atoms with E-state index in [1.165, 1.54) is 0 Å². The smallest absolute Gasteiger partial charge is 0.410 e. The molecule has 1 unspecified atom stereocenters. The van der Waals surface area contributed by atoms with Gasteiger partial charge in [-0.2, -0.15) is 0 Å². The number of likely N-dealkylation sites (tertiary alicyclic amines) is 1. The zero-order valence-electron chi connectivity index (χ0n) is 13.4. The Kier molecular flexibility index (Phi) is 4.40. The lowest BCUT2D eigenvalue weighted by atomic mass is 10.2. The molecule has 1 aromatic heterocycles. The van der Waals surface area contributed by atoms with Crippen LogP contribution in [0.25, 0.3) is 0 Å². The van der Waals surface area contributed by atoms with Gasteiger partial charge in [0, 0.05) is 24.9 Å². The molecule has 0 spiro atoms. The Balaban J connectivity index is 2.09. The van der Waals surface area contributed by atoms with Crippen LogP contribution in [0.3, 0.4) is 0 Å². The Hall–Kier alpha value is -1.78. The molecule has 0 radical (unpaired) electrons. The summed E-state index contributed by atoms with van der Waals surface area (Å²) in [5.74, 6) is 0.842. The predicted molar refractivity (Wildman–Crippen MR) is 82.0 cm³/mol. The Morgan fingerprint density at radius 1 is 1.57 bits per heavy atom. The number of ether oxygens (including phenoxy) is 1.